The van der Waals surface area contributed by atoms with E-state index in [0.29, 0.717) is 12.3 Å². The number of carboxylic acids is 1. The van der Waals surface area contributed by atoms with Crippen molar-refractivity contribution in [2.75, 3.05) is 13.2 Å². The Balaban J connectivity index is 1.12. The lowest BCUT2D eigenvalue weighted by Gasteiger charge is -2.40. The number of carbonyl (C=O) groups is 3. The van der Waals surface area contributed by atoms with E-state index in [9.17, 15) is 19.5 Å². The Labute approximate surface area is 205 Å². The third kappa shape index (κ3) is 4.40. The highest BCUT2D eigenvalue weighted by molar-refractivity contribution is 5.81. The molecule has 4 atom stereocenters. The molecular formula is C28H32N2O5. The van der Waals surface area contributed by atoms with Gasteiger partial charge in [-0.1, -0.05) is 48.5 Å². The highest BCUT2D eigenvalue weighted by Gasteiger charge is 2.50. The second-order valence-electron chi connectivity index (χ2n) is 10.8. The van der Waals surface area contributed by atoms with E-state index in [1.165, 1.54) is 22.3 Å². The van der Waals surface area contributed by atoms with Crippen molar-refractivity contribution in [3.8, 4) is 11.1 Å². The predicted octanol–water partition coefficient (Wildman–Crippen LogP) is 4.17. The maximum absolute atomic E-state index is 12.6. The lowest BCUT2D eigenvalue weighted by Crippen LogP contribution is -2.50. The molecule has 5 rings (SSSR count). The van der Waals surface area contributed by atoms with Gasteiger partial charge in [-0.05, 0) is 67.2 Å². The van der Waals surface area contributed by atoms with E-state index in [4.69, 9.17) is 4.74 Å². The lowest BCUT2D eigenvalue weighted by atomic mass is 9.71. The van der Waals surface area contributed by atoms with E-state index in [0.717, 1.165) is 12.8 Å². The van der Waals surface area contributed by atoms with E-state index in [1.807, 2.05) is 24.3 Å². The molecule has 0 radical (unpaired) electrons. The minimum absolute atomic E-state index is 0.0175. The summed E-state index contributed by atoms with van der Waals surface area (Å²) in [6.45, 7) is 3.59. The van der Waals surface area contributed by atoms with Gasteiger partial charge in [-0.3, -0.25) is 9.59 Å². The number of aliphatic carboxylic acids is 1. The molecule has 0 aromatic heterocycles. The first kappa shape index (κ1) is 23.4. The topological polar surface area (TPSA) is 105 Å². The molecule has 184 valence electrons. The highest BCUT2D eigenvalue weighted by atomic mass is 16.5. The van der Waals surface area contributed by atoms with Gasteiger partial charge in [0.25, 0.3) is 0 Å². The first-order chi connectivity index (χ1) is 16.7. The molecule has 0 saturated heterocycles. The molecule has 2 saturated carbocycles. The summed E-state index contributed by atoms with van der Waals surface area (Å²) in [6.07, 6.45) is 1.93. The summed E-state index contributed by atoms with van der Waals surface area (Å²) in [5, 5.41) is 15.1. The molecule has 7 nitrogen and oxygen atoms in total. The van der Waals surface area contributed by atoms with E-state index < -0.39 is 17.5 Å². The summed E-state index contributed by atoms with van der Waals surface area (Å²) in [4.78, 5) is 36.5. The highest BCUT2D eigenvalue weighted by Crippen LogP contribution is 2.50. The number of benzene rings is 2. The summed E-state index contributed by atoms with van der Waals surface area (Å²) >= 11 is 0. The van der Waals surface area contributed by atoms with Gasteiger partial charge in [0.05, 0.1) is 5.41 Å². The summed E-state index contributed by atoms with van der Waals surface area (Å²) < 4.78 is 5.68. The normalized spacial score (nSPS) is 24.5. The fraction of sp³-hybridized carbons (Fsp3) is 0.464. The molecule has 3 N–H and O–H groups in total. The molecule has 3 aliphatic rings. The van der Waals surface area contributed by atoms with Gasteiger partial charge >= 0.3 is 12.1 Å². The third-order valence-electron chi connectivity index (χ3n) is 8.12. The minimum Gasteiger partial charge on any atom is -0.481 e. The molecule has 0 spiro atoms. The Hall–Kier alpha value is -3.35. The van der Waals surface area contributed by atoms with Crippen molar-refractivity contribution in [1.82, 2.24) is 10.6 Å². The fourth-order valence-electron chi connectivity index (χ4n) is 5.93. The molecule has 2 amide bonds. The number of rotatable bonds is 7. The third-order valence-corrected chi connectivity index (χ3v) is 8.12. The Morgan fingerprint density at radius 2 is 1.60 bits per heavy atom. The maximum Gasteiger partial charge on any atom is 0.407 e. The van der Waals surface area contributed by atoms with Crippen molar-refractivity contribution in [3.05, 3.63) is 59.7 Å². The number of hydrogen-bond donors (Lipinski definition) is 3. The van der Waals surface area contributed by atoms with E-state index in [-0.39, 0.29) is 42.9 Å². The van der Waals surface area contributed by atoms with Crippen LogP contribution in [0, 0.1) is 23.2 Å². The summed E-state index contributed by atoms with van der Waals surface area (Å²) in [6, 6.07) is 16.5. The number of hydrogen-bond acceptors (Lipinski definition) is 4. The number of nitrogens with one attached hydrogen (secondary N) is 2. The smallest absolute Gasteiger partial charge is 0.407 e. The first-order valence-electron chi connectivity index (χ1n) is 12.4. The number of alkyl carbamates (subject to hydrolysis) is 1. The number of ether oxygens (including phenoxy) is 1. The molecular weight excluding hydrogens is 444 g/mol. The van der Waals surface area contributed by atoms with Gasteiger partial charge in [0.1, 0.15) is 6.61 Å². The molecule has 2 aromatic rings. The molecule has 0 bridgehead atoms. The molecule has 0 heterocycles. The Kier molecular flexibility index (Phi) is 6.03. The fourth-order valence-corrected chi connectivity index (χ4v) is 5.93. The standard InChI is InChI=1S/C28H32N2O5/c1-28(2,26(32)33)15-29-25(31)17-11-16-13-24(22(16)12-17)30-27(34)35-14-23-20-9-5-3-7-18(20)19-8-4-6-10-21(19)23/h3-10,16-17,22-24H,11-15H2,1-2H3,(H,29,31)(H,30,34)(H,32,33)/t16-,17?,22-,24+/m1/s1. The van der Waals surface area contributed by atoms with Gasteiger partial charge in [0.2, 0.25) is 5.91 Å². The van der Waals surface area contributed by atoms with Crippen LogP contribution in [0.4, 0.5) is 4.79 Å². The van der Waals surface area contributed by atoms with Gasteiger partial charge in [-0.15, -0.1) is 0 Å². The Morgan fingerprint density at radius 3 is 2.23 bits per heavy atom. The number of carbonyl (C=O) groups excluding carboxylic acids is 2. The van der Waals surface area contributed by atoms with Crippen LogP contribution < -0.4 is 10.6 Å². The molecule has 0 aliphatic heterocycles. The van der Waals surface area contributed by atoms with Crippen LogP contribution in [-0.4, -0.2) is 42.3 Å². The van der Waals surface area contributed by atoms with Crippen LogP contribution in [0.3, 0.4) is 0 Å². The molecule has 2 fully saturated rings. The molecule has 7 heteroatoms. The summed E-state index contributed by atoms with van der Waals surface area (Å²) in [7, 11) is 0. The van der Waals surface area contributed by atoms with Crippen LogP contribution in [-0.2, 0) is 14.3 Å². The largest absolute Gasteiger partial charge is 0.481 e. The molecule has 2 aromatic carbocycles. The Bertz CT molecular complexity index is 1110. The van der Waals surface area contributed by atoms with Crippen LogP contribution in [0.15, 0.2) is 48.5 Å². The van der Waals surface area contributed by atoms with Gasteiger partial charge in [-0.25, -0.2) is 4.79 Å². The number of carboxylic acid groups (broad SMARTS) is 1. The average molecular weight is 477 g/mol. The van der Waals surface area contributed by atoms with Gasteiger partial charge in [0, 0.05) is 24.4 Å². The van der Waals surface area contributed by atoms with Crippen LogP contribution in [0.2, 0.25) is 0 Å². The van der Waals surface area contributed by atoms with Gasteiger partial charge < -0.3 is 20.5 Å². The SMILES string of the molecule is CC(C)(CNC(=O)C1C[C@@H]2C[C@H](NC(=O)OCC3c4ccccc4-c4ccccc43)[C@@H]2C1)C(=O)O. The van der Waals surface area contributed by atoms with E-state index in [1.54, 1.807) is 13.8 Å². The van der Waals surface area contributed by atoms with Crippen LogP contribution in [0.1, 0.15) is 50.2 Å². The predicted molar refractivity (Wildman–Crippen MR) is 131 cm³/mol. The Morgan fingerprint density at radius 1 is 0.971 bits per heavy atom. The molecule has 1 unspecified atom stereocenters. The first-order valence-corrected chi connectivity index (χ1v) is 12.4. The van der Waals surface area contributed by atoms with Crippen LogP contribution >= 0.6 is 0 Å². The van der Waals surface area contributed by atoms with E-state index >= 15 is 0 Å². The van der Waals surface area contributed by atoms with Crippen molar-refractivity contribution in [3.63, 3.8) is 0 Å². The van der Waals surface area contributed by atoms with Gasteiger partial charge in [-0.2, -0.15) is 0 Å². The summed E-state index contributed by atoms with van der Waals surface area (Å²) in [5.41, 5.74) is 3.75. The van der Waals surface area contributed by atoms with Gasteiger partial charge in [0.15, 0.2) is 0 Å². The second-order valence-corrected chi connectivity index (χ2v) is 10.8. The monoisotopic (exact) mass is 476 g/mol. The van der Waals surface area contributed by atoms with Crippen LogP contribution in [0.25, 0.3) is 11.1 Å². The second kappa shape index (κ2) is 9.02. The zero-order valence-corrected chi connectivity index (χ0v) is 20.1. The quantitative estimate of drug-likeness (QED) is 0.556. The van der Waals surface area contributed by atoms with Crippen molar-refractivity contribution in [2.24, 2.45) is 23.2 Å². The zero-order valence-electron chi connectivity index (χ0n) is 20.1. The van der Waals surface area contributed by atoms with E-state index in [2.05, 4.69) is 34.9 Å². The van der Waals surface area contributed by atoms with Crippen molar-refractivity contribution >= 4 is 18.0 Å². The molecule has 3 aliphatic carbocycles. The zero-order chi connectivity index (χ0) is 24.7. The maximum atomic E-state index is 12.6. The number of fused-ring (bicyclic) bond motifs is 4. The van der Waals surface area contributed by atoms with Crippen molar-refractivity contribution < 1.29 is 24.2 Å². The average Bonchev–Trinajstić information content (AvgIpc) is 3.35. The van der Waals surface area contributed by atoms with Crippen molar-refractivity contribution in [2.45, 2.75) is 45.1 Å². The van der Waals surface area contributed by atoms with Crippen molar-refractivity contribution in [1.29, 1.82) is 0 Å². The minimum atomic E-state index is -0.999. The lowest BCUT2D eigenvalue weighted by molar-refractivity contribution is -0.146. The van der Waals surface area contributed by atoms with Crippen LogP contribution in [0.5, 0.6) is 0 Å². The number of amides is 2. The summed E-state index contributed by atoms with van der Waals surface area (Å²) in [5.74, 6) is -0.457. The molecule has 35 heavy (non-hydrogen) atoms.